The Labute approximate surface area is 152 Å². The summed E-state index contributed by atoms with van der Waals surface area (Å²) < 4.78 is 1.59. The van der Waals surface area contributed by atoms with Gasteiger partial charge in [0.1, 0.15) is 18.7 Å². The minimum atomic E-state index is -0.360. The van der Waals surface area contributed by atoms with Crippen LogP contribution in [0.5, 0.6) is 0 Å². The SMILES string of the molecule is Cc1cccc(C(C(=O)NCc2cccnc2-n2cncn2)N(C)C)c1. The van der Waals surface area contributed by atoms with Gasteiger partial charge in [-0.1, -0.05) is 35.9 Å². The number of carbonyl (C=O) groups excluding carboxylic acids is 1. The lowest BCUT2D eigenvalue weighted by atomic mass is 10.0. The van der Waals surface area contributed by atoms with Crippen LogP contribution in [0.1, 0.15) is 22.7 Å². The lowest BCUT2D eigenvalue weighted by Crippen LogP contribution is -2.37. The van der Waals surface area contributed by atoms with Crippen LogP contribution in [-0.2, 0) is 11.3 Å². The van der Waals surface area contributed by atoms with Gasteiger partial charge in [-0.3, -0.25) is 9.69 Å². The number of nitrogens with one attached hydrogen (secondary N) is 1. The van der Waals surface area contributed by atoms with E-state index in [1.54, 1.807) is 17.2 Å². The van der Waals surface area contributed by atoms with E-state index < -0.39 is 0 Å². The van der Waals surface area contributed by atoms with E-state index in [-0.39, 0.29) is 11.9 Å². The molecule has 1 unspecified atom stereocenters. The molecule has 2 aromatic heterocycles. The maximum Gasteiger partial charge on any atom is 0.242 e. The highest BCUT2D eigenvalue weighted by Crippen LogP contribution is 2.20. The van der Waals surface area contributed by atoms with Crippen LogP contribution in [0.4, 0.5) is 0 Å². The van der Waals surface area contributed by atoms with Crippen molar-refractivity contribution in [2.24, 2.45) is 0 Å². The number of nitrogens with zero attached hydrogens (tertiary/aromatic N) is 5. The molecule has 3 rings (SSSR count). The quantitative estimate of drug-likeness (QED) is 0.735. The van der Waals surface area contributed by atoms with E-state index in [2.05, 4.69) is 20.4 Å². The van der Waals surface area contributed by atoms with Crippen LogP contribution in [0.2, 0.25) is 0 Å². The highest BCUT2D eigenvalue weighted by Gasteiger charge is 2.23. The molecule has 0 aliphatic carbocycles. The Balaban J connectivity index is 1.78. The summed E-state index contributed by atoms with van der Waals surface area (Å²) in [5, 5.41) is 7.14. The molecule has 0 radical (unpaired) electrons. The van der Waals surface area contributed by atoms with Crippen LogP contribution in [0.3, 0.4) is 0 Å². The molecule has 7 nitrogen and oxygen atoms in total. The second-order valence-electron chi connectivity index (χ2n) is 6.32. The average molecular weight is 350 g/mol. The zero-order valence-electron chi connectivity index (χ0n) is 15.1. The monoisotopic (exact) mass is 350 g/mol. The van der Waals surface area contributed by atoms with E-state index in [1.807, 2.05) is 62.3 Å². The van der Waals surface area contributed by atoms with Crippen LogP contribution in [0.25, 0.3) is 5.82 Å². The molecule has 0 spiro atoms. The van der Waals surface area contributed by atoms with Crippen molar-refractivity contribution in [1.29, 1.82) is 0 Å². The normalized spacial score (nSPS) is 12.2. The first kappa shape index (κ1) is 17.8. The van der Waals surface area contributed by atoms with Crippen molar-refractivity contribution in [2.75, 3.05) is 14.1 Å². The molecule has 0 aliphatic heterocycles. The Bertz CT molecular complexity index is 875. The Kier molecular flexibility index (Phi) is 5.38. The minimum absolute atomic E-state index is 0.0611. The maximum atomic E-state index is 12.9. The fourth-order valence-corrected chi connectivity index (χ4v) is 2.90. The van der Waals surface area contributed by atoms with Crippen LogP contribution in [-0.4, -0.2) is 44.7 Å². The zero-order valence-corrected chi connectivity index (χ0v) is 15.1. The number of rotatable bonds is 6. The number of aromatic nitrogens is 4. The van der Waals surface area contributed by atoms with Crippen LogP contribution < -0.4 is 5.32 Å². The Morgan fingerprint density at radius 2 is 2.12 bits per heavy atom. The number of hydrogen-bond donors (Lipinski definition) is 1. The van der Waals surface area contributed by atoms with E-state index in [0.29, 0.717) is 12.4 Å². The molecule has 1 atom stereocenters. The molecule has 3 aromatic rings. The summed E-state index contributed by atoms with van der Waals surface area (Å²) in [5.74, 6) is 0.594. The third kappa shape index (κ3) is 3.94. The predicted molar refractivity (Wildman–Crippen MR) is 98.6 cm³/mol. The Morgan fingerprint density at radius 1 is 1.27 bits per heavy atom. The van der Waals surface area contributed by atoms with Gasteiger partial charge in [-0.15, -0.1) is 0 Å². The smallest absolute Gasteiger partial charge is 0.242 e. The lowest BCUT2D eigenvalue weighted by molar-refractivity contribution is -0.125. The standard InChI is InChI=1S/C19H22N6O/c1-14-6-4-7-15(10-14)17(24(2)3)19(26)22-11-16-8-5-9-21-18(16)25-13-20-12-23-25/h4-10,12-13,17H,11H2,1-3H3,(H,22,26). The fraction of sp³-hybridized carbons (Fsp3) is 0.263. The molecule has 26 heavy (non-hydrogen) atoms. The van der Waals surface area contributed by atoms with Gasteiger partial charge in [-0.05, 0) is 32.6 Å². The number of aryl methyl sites for hydroxylation is 1. The Morgan fingerprint density at radius 3 is 2.81 bits per heavy atom. The molecular weight excluding hydrogens is 328 g/mol. The average Bonchev–Trinajstić information content (AvgIpc) is 3.14. The third-order valence-corrected chi connectivity index (χ3v) is 4.08. The number of carbonyl (C=O) groups is 1. The summed E-state index contributed by atoms with van der Waals surface area (Å²) in [6, 6.07) is 11.4. The van der Waals surface area contributed by atoms with Crippen molar-refractivity contribution in [2.45, 2.75) is 19.5 Å². The molecule has 0 saturated carbocycles. The molecule has 0 bridgehead atoms. The van der Waals surface area contributed by atoms with Gasteiger partial charge in [0.25, 0.3) is 0 Å². The Hall–Kier alpha value is -3.06. The van der Waals surface area contributed by atoms with E-state index in [0.717, 1.165) is 16.7 Å². The summed E-state index contributed by atoms with van der Waals surface area (Å²) in [6.45, 7) is 2.38. The van der Waals surface area contributed by atoms with Crippen molar-refractivity contribution >= 4 is 5.91 Å². The number of amides is 1. The molecule has 0 fully saturated rings. The van der Waals surface area contributed by atoms with Gasteiger partial charge in [-0.2, -0.15) is 5.10 Å². The minimum Gasteiger partial charge on any atom is -0.350 e. The van der Waals surface area contributed by atoms with Gasteiger partial charge in [0, 0.05) is 18.3 Å². The van der Waals surface area contributed by atoms with E-state index >= 15 is 0 Å². The lowest BCUT2D eigenvalue weighted by Gasteiger charge is -2.24. The van der Waals surface area contributed by atoms with Crippen LogP contribution >= 0.6 is 0 Å². The van der Waals surface area contributed by atoms with Gasteiger partial charge in [-0.25, -0.2) is 14.6 Å². The molecule has 7 heteroatoms. The molecule has 2 heterocycles. The van der Waals surface area contributed by atoms with E-state index in [9.17, 15) is 4.79 Å². The van der Waals surface area contributed by atoms with Crippen molar-refractivity contribution in [3.63, 3.8) is 0 Å². The summed E-state index contributed by atoms with van der Waals surface area (Å²) in [4.78, 5) is 23.1. The summed E-state index contributed by atoms with van der Waals surface area (Å²) in [5.41, 5.74) is 2.96. The van der Waals surface area contributed by atoms with E-state index in [4.69, 9.17) is 0 Å². The largest absolute Gasteiger partial charge is 0.350 e. The molecular formula is C19H22N6O. The molecule has 1 N–H and O–H groups in total. The number of pyridine rings is 1. The topological polar surface area (TPSA) is 75.9 Å². The van der Waals surface area contributed by atoms with Crippen molar-refractivity contribution in [3.8, 4) is 5.82 Å². The number of hydrogen-bond acceptors (Lipinski definition) is 5. The van der Waals surface area contributed by atoms with Gasteiger partial charge >= 0.3 is 0 Å². The molecule has 134 valence electrons. The summed E-state index contributed by atoms with van der Waals surface area (Å²) in [7, 11) is 3.80. The second-order valence-corrected chi connectivity index (χ2v) is 6.32. The molecule has 0 saturated heterocycles. The zero-order chi connectivity index (χ0) is 18.5. The van der Waals surface area contributed by atoms with Crippen molar-refractivity contribution < 1.29 is 4.79 Å². The predicted octanol–water partition coefficient (Wildman–Crippen LogP) is 1.89. The van der Waals surface area contributed by atoms with Crippen LogP contribution in [0, 0.1) is 6.92 Å². The van der Waals surface area contributed by atoms with Gasteiger partial charge in [0.05, 0.1) is 0 Å². The van der Waals surface area contributed by atoms with Crippen molar-refractivity contribution in [1.82, 2.24) is 30.0 Å². The molecule has 1 aromatic carbocycles. The first-order valence-corrected chi connectivity index (χ1v) is 8.36. The summed E-state index contributed by atoms with van der Waals surface area (Å²) >= 11 is 0. The highest BCUT2D eigenvalue weighted by atomic mass is 16.2. The number of likely N-dealkylation sites (N-methyl/N-ethyl adjacent to an activating group) is 1. The van der Waals surface area contributed by atoms with E-state index in [1.165, 1.54) is 6.33 Å². The third-order valence-electron chi connectivity index (χ3n) is 4.08. The van der Waals surface area contributed by atoms with Gasteiger partial charge in [0.2, 0.25) is 5.91 Å². The van der Waals surface area contributed by atoms with Crippen LogP contribution in [0.15, 0.2) is 55.2 Å². The molecule has 0 aliphatic rings. The van der Waals surface area contributed by atoms with Crippen molar-refractivity contribution in [3.05, 3.63) is 71.9 Å². The molecule has 1 amide bonds. The second kappa shape index (κ2) is 7.88. The van der Waals surface area contributed by atoms with Gasteiger partial charge in [0.15, 0.2) is 5.82 Å². The maximum absolute atomic E-state index is 12.9. The van der Waals surface area contributed by atoms with Gasteiger partial charge < -0.3 is 5.32 Å². The summed E-state index contributed by atoms with van der Waals surface area (Å²) in [6.07, 6.45) is 4.73. The first-order valence-electron chi connectivity index (χ1n) is 8.36. The fourth-order valence-electron chi connectivity index (χ4n) is 2.90. The highest BCUT2D eigenvalue weighted by molar-refractivity contribution is 5.83. The first-order chi connectivity index (χ1) is 12.6. The number of benzene rings is 1.